The molecule has 1 fully saturated rings. The van der Waals surface area contributed by atoms with Crippen LogP contribution in [0, 0.1) is 12.7 Å². The summed E-state index contributed by atoms with van der Waals surface area (Å²) in [5, 5.41) is 5.34. The summed E-state index contributed by atoms with van der Waals surface area (Å²) in [5.74, 6) is 0.642. The van der Waals surface area contributed by atoms with Crippen molar-refractivity contribution >= 4 is 16.9 Å². The minimum atomic E-state index is -0.243. The predicted octanol–water partition coefficient (Wildman–Crippen LogP) is 4.63. The van der Waals surface area contributed by atoms with Gasteiger partial charge in [0.1, 0.15) is 17.2 Å². The zero-order chi connectivity index (χ0) is 22.9. The Morgan fingerprint density at radius 2 is 1.88 bits per heavy atom. The summed E-state index contributed by atoms with van der Waals surface area (Å²) in [5.41, 5.74) is 4.11. The number of carbonyl (C=O) groups excluding carboxylic acids is 1. The molecule has 1 aliphatic heterocycles. The number of furan rings is 1. The van der Waals surface area contributed by atoms with Gasteiger partial charge < -0.3 is 9.32 Å². The van der Waals surface area contributed by atoms with E-state index in [0.717, 1.165) is 59.6 Å². The van der Waals surface area contributed by atoms with Gasteiger partial charge in [-0.05, 0) is 60.9 Å². The zero-order valence-corrected chi connectivity index (χ0v) is 18.9. The lowest BCUT2D eigenvalue weighted by Gasteiger charge is -2.20. The van der Waals surface area contributed by atoms with Gasteiger partial charge in [-0.2, -0.15) is 5.10 Å². The van der Waals surface area contributed by atoms with Crippen LogP contribution in [-0.2, 0) is 13.6 Å². The summed E-state index contributed by atoms with van der Waals surface area (Å²) < 4.78 is 21.4. The lowest BCUT2D eigenvalue weighted by atomic mass is 10.0. The number of nitrogens with zero attached hydrogens (tertiary/aromatic N) is 4. The largest absolute Gasteiger partial charge is 0.460 e. The Bertz CT molecular complexity index is 1290. The maximum atomic E-state index is 13.6. The van der Waals surface area contributed by atoms with E-state index >= 15 is 0 Å². The van der Waals surface area contributed by atoms with Crippen LogP contribution in [0.25, 0.3) is 22.1 Å². The molecular formula is C26H27FN4O2. The summed E-state index contributed by atoms with van der Waals surface area (Å²) in [7, 11) is 1.85. The third-order valence-electron chi connectivity index (χ3n) is 6.31. The van der Waals surface area contributed by atoms with Crippen molar-refractivity contribution in [1.29, 1.82) is 0 Å². The van der Waals surface area contributed by atoms with Gasteiger partial charge in [0, 0.05) is 44.3 Å². The van der Waals surface area contributed by atoms with Gasteiger partial charge in [-0.1, -0.05) is 18.2 Å². The maximum Gasteiger partial charge on any atom is 0.274 e. The number of fused-ring (bicyclic) bond motifs is 1. The molecule has 2 aromatic heterocycles. The SMILES string of the molecule is Cc1cc(C(=O)N2CCCN(Cc3cc4cc(-c5cccc(F)c5)ccc4o3)CC2)nn1C. The van der Waals surface area contributed by atoms with E-state index < -0.39 is 0 Å². The summed E-state index contributed by atoms with van der Waals surface area (Å²) in [6, 6.07) is 16.5. The molecule has 2 aromatic carbocycles. The predicted molar refractivity (Wildman–Crippen MR) is 125 cm³/mol. The maximum absolute atomic E-state index is 13.6. The molecule has 1 aliphatic rings. The number of halogens is 1. The summed E-state index contributed by atoms with van der Waals surface area (Å²) in [6.45, 7) is 5.71. The number of hydrogen-bond donors (Lipinski definition) is 0. The first-order valence-electron chi connectivity index (χ1n) is 11.3. The number of hydrogen-bond acceptors (Lipinski definition) is 4. The average molecular weight is 447 g/mol. The van der Waals surface area contributed by atoms with Crippen molar-refractivity contribution in [2.24, 2.45) is 7.05 Å². The normalized spacial score (nSPS) is 15.2. The van der Waals surface area contributed by atoms with E-state index in [1.807, 2.05) is 49.2 Å². The van der Waals surface area contributed by atoms with E-state index in [4.69, 9.17) is 4.42 Å². The second-order valence-electron chi connectivity index (χ2n) is 8.69. The molecule has 0 N–H and O–H groups in total. The molecule has 0 radical (unpaired) electrons. The van der Waals surface area contributed by atoms with Gasteiger partial charge in [0.15, 0.2) is 5.69 Å². The topological polar surface area (TPSA) is 54.5 Å². The lowest BCUT2D eigenvalue weighted by molar-refractivity contribution is 0.0754. The molecule has 6 nitrogen and oxygen atoms in total. The van der Waals surface area contributed by atoms with Crippen molar-refractivity contribution in [1.82, 2.24) is 19.6 Å². The van der Waals surface area contributed by atoms with E-state index in [9.17, 15) is 9.18 Å². The molecule has 0 atom stereocenters. The highest BCUT2D eigenvalue weighted by atomic mass is 19.1. The number of aromatic nitrogens is 2. The number of rotatable bonds is 4. The van der Waals surface area contributed by atoms with Crippen LogP contribution in [0.1, 0.15) is 28.4 Å². The van der Waals surface area contributed by atoms with E-state index in [-0.39, 0.29) is 11.7 Å². The average Bonchev–Trinajstić information content (AvgIpc) is 3.27. The van der Waals surface area contributed by atoms with Crippen LogP contribution >= 0.6 is 0 Å². The molecule has 0 saturated carbocycles. The summed E-state index contributed by atoms with van der Waals surface area (Å²) in [6.07, 6.45) is 0.904. The van der Waals surface area contributed by atoms with Crippen molar-refractivity contribution < 1.29 is 13.6 Å². The summed E-state index contributed by atoms with van der Waals surface area (Å²) in [4.78, 5) is 17.1. The Labute approximate surface area is 192 Å². The van der Waals surface area contributed by atoms with Crippen LogP contribution in [0.3, 0.4) is 0 Å². The molecule has 0 aliphatic carbocycles. The van der Waals surface area contributed by atoms with Gasteiger partial charge in [0.2, 0.25) is 0 Å². The molecule has 0 bridgehead atoms. The van der Waals surface area contributed by atoms with Crippen molar-refractivity contribution in [2.75, 3.05) is 26.2 Å². The fraction of sp³-hybridized carbons (Fsp3) is 0.308. The van der Waals surface area contributed by atoms with Crippen molar-refractivity contribution in [2.45, 2.75) is 19.9 Å². The monoisotopic (exact) mass is 446 g/mol. The molecular weight excluding hydrogens is 419 g/mol. The molecule has 170 valence electrons. The molecule has 33 heavy (non-hydrogen) atoms. The zero-order valence-electron chi connectivity index (χ0n) is 18.9. The summed E-state index contributed by atoms with van der Waals surface area (Å²) >= 11 is 0. The van der Waals surface area contributed by atoms with Gasteiger partial charge in [-0.15, -0.1) is 0 Å². The van der Waals surface area contributed by atoms with E-state index in [0.29, 0.717) is 18.8 Å². The van der Waals surface area contributed by atoms with Crippen LogP contribution < -0.4 is 0 Å². The quantitative estimate of drug-likeness (QED) is 0.459. The van der Waals surface area contributed by atoms with Crippen LogP contribution in [-0.4, -0.2) is 51.7 Å². The smallest absolute Gasteiger partial charge is 0.274 e. The lowest BCUT2D eigenvalue weighted by Crippen LogP contribution is -2.35. The van der Waals surface area contributed by atoms with Crippen molar-refractivity contribution in [3.63, 3.8) is 0 Å². The fourth-order valence-electron chi connectivity index (χ4n) is 4.40. The van der Waals surface area contributed by atoms with Crippen LogP contribution in [0.15, 0.2) is 59.0 Å². The molecule has 1 amide bonds. The number of carbonyl (C=O) groups is 1. The third-order valence-corrected chi connectivity index (χ3v) is 6.31. The molecule has 0 unspecified atom stereocenters. The van der Waals surface area contributed by atoms with Gasteiger partial charge in [0.05, 0.1) is 6.54 Å². The Hall–Kier alpha value is -3.45. The molecule has 1 saturated heterocycles. The Morgan fingerprint density at radius 3 is 2.67 bits per heavy atom. The van der Waals surface area contributed by atoms with Crippen LogP contribution in [0.2, 0.25) is 0 Å². The van der Waals surface area contributed by atoms with Crippen molar-refractivity contribution in [3.8, 4) is 11.1 Å². The second kappa shape index (κ2) is 8.83. The molecule has 3 heterocycles. The standard InChI is InChI=1S/C26H27FN4O2/c1-18-13-24(28-29(18)2)26(32)31-10-4-9-30(11-12-31)17-23-16-21-14-20(7-8-25(21)33-23)19-5-3-6-22(27)15-19/h3,5-8,13-16H,4,9-12,17H2,1-2H3. The molecule has 4 aromatic rings. The van der Waals surface area contributed by atoms with Gasteiger partial charge >= 0.3 is 0 Å². The Morgan fingerprint density at radius 1 is 1.03 bits per heavy atom. The van der Waals surface area contributed by atoms with E-state index in [1.54, 1.807) is 16.8 Å². The first-order chi connectivity index (χ1) is 16.0. The van der Waals surface area contributed by atoms with Crippen LogP contribution in [0.4, 0.5) is 4.39 Å². The fourth-order valence-corrected chi connectivity index (χ4v) is 4.40. The highest BCUT2D eigenvalue weighted by molar-refractivity contribution is 5.92. The molecule has 7 heteroatoms. The van der Waals surface area contributed by atoms with E-state index in [1.165, 1.54) is 6.07 Å². The first-order valence-corrected chi connectivity index (χ1v) is 11.3. The van der Waals surface area contributed by atoms with E-state index in [2.05, 4.69) is 16.1 Å². The highest BCUT2D eigenvalue weighted by Gasteiger charge is 2.23. The number of aryl methyl sites for hydroxylation is 2. The molecule has 0 spiro atoms. The van der Waals surface area contributed by atoms with Crippen molar-refractivity contribution in [3.05, 3.63) is 77.6 Å². The van der Waals surface area contributed by atoms with Gasteiger partial charge in [-0.25, -0.2) is 4.39 Å². The minimum absolute atomic E-state index is 0.00540. The number of benzene rings is 2. The number of amides is 1. The van der Waals surface area contributed by atoms with Gasteiger partial charge in [-0.3, -0.25) is 14.4 Å². The Kier molecular flexibility index (Phi) is 5.72. The highest BCUT2D eigenvalue weighted by Crippen LogP contribution is 2.28. The molecule has 5 rings (SSSR count). The minimum Gasteiger partial charge on any atom is -0.460 e. The van der Waals surface area contributed by atoms with Gasteiger partial charge in [0.25, 0.3) is 5.91 Å². The first kappa shape index (κ1) is 21.4. The van der Waals surface area contributed by atoms with Crippen LogP contribution in [0.5, 0.6) is 0 Å². The second-order valence-corrected chi connectivity index (χ2v) is 8.69. The Balaban J connectivity index is 1.26. The third kappa shape index (κ3) is 4.54.